The van der Waals surface area contributed by atoms with Crippen molar-refractivity contribution >= 4 is 17.9 Å². The van der Waals surface area contributed by atoms with Crippen LogP contribution in [0, 0.1) is 11.8 Å². The van der Waals surface area contributed by atoms with Gasteiger partial charge in [0.1, 0.15) is 13.2 Å². The van der Waals surface area contributed by atoms with E-state index >= 15 is 0 Å². The van der Waals surface area contributed by atoms with Crippen LogP contribution in [0.15, 0.2) is 0 Å². The minimum Gasteiger partial charge on any atom is -0.462 e. The molecule has 0 aliphatic carbocycles. The Labute approximate surface area is 431 Å². The number of carbonyl (C=O) groups is 3. The molecule has 6 nitrogen and oxygen atoms in total. The molecule has 0 aliphatic heterocycles. The molecule has 0 radical (unpaired) electrons. The Kier molecular flexibility index (Phi) is 54.4. The molecule has 0 rings (SSSR count). The van der Waals surface area contributed by atoms with Crippen LogP contribution in [-0.4, -0.2) is 37.2 Å². The molecule has 0 N–H and O–H groups in total. The summed E-state index contributed by atoms with van der Waals surface area (Å²) in [7, 11) is 0. The van der Waals surface area contributed by atoms with Crippen molar-refractivity contribution in [1.82, 2.24) is 0 Å². The number of esters is 3. The van der Waals surface area contributed by atoms with Crippen LogP contribution in [0.2, 0.25) is 0 Å². The molecule has 0 unspecified atom stereocenters. The molecule has 69 heavy (non-hydrogen) atoms. The molecule has 0 aromatic rings. The zero-order valence-electron chi connectivity index (χ0n) is 47.5. The fourth-order valence-electron chi connectivity index (χ4n) is 9.76. The molecule has 410 valence electrons. The Bertz CT molecular complexity index is 1060. The smallest absolute Gasteiger partial charge is 0.306 e. The third-order valence-electron chi connectivity index (χ3n) is 14.5. The summed E-state index contributed by atoms with van der Waals surface area (Å²) in [5, 5.41) is 0. The molecule has 0 saturated heterocycles. The van der Waals surface area contributed by atoms with Gasteiger partial charge in [0, 0.05) is 19.3 Å². The number of unbranched alkanes of at least 4 members (excludes halogenated alkanes) is 42. The van der Waals surface area contributed by atoms with Crippen LogP contribution >= 0.6 is 0 Å². The third-order valence-corrected chi connectivity index (χ3v) is 14.5. The summed E-state index contributed by atoms with van der Waals surface area (Å²) in [6, 6.07) is 0. The maximum atomic E-state index is 12.9. The monoisotopic (exact) mass is 975 g/mol. The lowest BCUT2D eigenvalue weighted by Gasteiger charge is -2.18. The van der Waals surface area contributed by atoms with Gasteiger partial charge < -0.3 is 14.2 Å². The van der Waals surface area contributed by atoms with Gasteiger partial charge in [-0.25, -0.2) is 0 Å². The Hall–Kier alpha value is -1.59. The standard InChI is InChI=1S/C63H122O6/c1-6-7-8-9-10-11-12-13-14-15-16-17-18-23-28-33-38-43-48-53-61(64)67-56-60(69-63(66)55-50-45-40-35-30-25-20-22-27-32-37-42-47-52-59(4)5)57-68-62(65)54-49-44-39-34-29-24-19-21-26-31-36-41-46-51-58(2)3/h58-60H,6-57H2,1-5H3/t60-/m1/s1. The van der Waals surface area contributed by atoms with Crippen LogP contribution in [0.4, 0.5) is 0 Å². The van der Waals surface area contributed by atoms with E-state index in [1.54, 1.807) is 0 Å². The van der Waals surface area contributed by atoms with E-state index in [1.165, 1.54) is 244 Å². The summed E-state index contributed by atoms with van der Waals surface area (Å²) in [5.41, 5.74) is 0. The van der Waals surface area contributed by atoms with Crippen molar-refractivity contribution in [2.24, 2.45) is 11.8 Å². The number of carbonyl (C=O) groups excluding carboxylic acids is 3. The van der Waals surface area contributed by atoms with Crippen molar-refractivity contribution in [3.05, 3.63) is 0 Å². The summed E-state index contributed by atoms with van der Waals surface area (Å²) in [5.74, 6) is 0.844. The van der Waals surface area contributed by atoms with Crippen molar-refractivity contribution in [2.75, 3.05) is 13.2 Å². The maximum absolute atomic E-state index is 12.9. The van der Waals surface area contributed by atoms with Crippen molar-refractivity contribution in [1.29, 1.82) is 0 Å². The fourth-order valence-corrected chi connectivity index (χ4v) is 9.76. The normalized spacial score (nSPS) is 12.0. The topological polar surface area (TPSA) is 78.9 Å². The first-order chi connectivity index (χ1) is 33.7. The highest BCUT2D eigenvalue weighted by atomic mass is 16.6. The van der Waals surface area contributed by atoms with E-state index < -0.39 is 6.10 Å². The van der Waals surface area contributed by atoms with E-state index in [9.17, 15) is 14.4 Å². The number of rotatable bonds is 57. The van der Waals surface area contributed by atoms with Gasteiger partial charge in [0.25, 0.3) is 0 Å². The number of hydrogen-bond acceptors (Lipinski definition) is 6. The average molecular weight is 976 g/mol. The molecule has 0 heterocycles. The van der Waals surface area contributed by atoms with Crippen LogP contribution in [0.5, 0.6) is 0 Å². The zero-order valence-corrected chi connectivity index (χ0v) is 47.5. The van der Waals surface area contributed by atoms with Crippen LogP contribution in [0.1, 0.15) is 356 Å². The molecular formula is C63H122O6. The van der Waals surface area contributed by atoms with Gasteiger partial charge in [-0.3, -0.25) is 14.4 Å². The Morgan fingerprint density at radius 3 is 0.710 bits per heavy atom. The Morgan fingerprint density at radius 2 is 0.478 bits per heavy atom. The first-order valence-electron chi connectivity index (χ1n) is 31.2. The summed E-state index contributed by atoms with van der Waals surface area (Å²) >= 11 is 0. The van der Waals surface area contributed by atoms with Gasteiger partial charge in [0.15, 0.2) is 6.10 Å². The molecule has 0 fully saturated rings. The van der Waals surface area contributed by atoms with Gasteiger partial charge in [0.05, 0.1) is 0 Å². The predicted molar refractivity (Wildman–Crippen MR) is 298 cm³/mol. The van der Waals surface area contributed by atoms with Crippen LogP contribution in [0.3, 0.4) is 0 Å². The highest BCUT2D eigenvalue weighted by Crippen LogP contribution is 2.19. The van der Waals surface area contributed by atoms with E-state index in [4.69, 9.17) is 14.2 Å². The van der Waals surface area contributed by atoms with Crippen molar-refractivity contribution in [2.45, 2.75) is 362 Å². The van der Waals surface area contributed by atoms with Crippen LogP contribution < -0.4 is 0 Å². The molecule has 0 spiro atoms. The van der Waals surface area contributed by atoms with Gasteiger partial charge in [-0.1, -0.05) is 317 Å². The third kappa shape index (κ3) is 57.2. The van der Waals surface area contributed by atoms with Crippen molar-refractivity contribution in [3.8, 4) is 0 Å². The lowest BCUT2D eigenvalue weighted by Crippen LogP contribution is -2.30. The molecule has 1 atom stereocenters. The predicted octanol–water partition coefficient (Wildman–Crippen LogP) is 20.8. The fraction of sp³-hybridized carbons (Fsp3) is 0.952. The highest BCUT2D eigenvalue weighted by molar-refractivity contribution is 5.71. The molecule has 6 heteroatoms. The SMILES string of the molecule is CCCCCCCCCCCCCCCCCCCCCC(=O)OC[C@H](COC(=O)CCCCCCCCCCCCCCCC(C)C)OC(=O)CCCCCCCCCCCCCCCC(C)C. The quantitative estimate of drug-likeness (QED) is 0.0343. The molecule has 0 bridgehead atoms. The van der Waals surface area contributed by atoms with Gasteiger partial charge in [-0.2, -0.15) is 0 Å². The number of hydrogen-bond donors (Lipinski definition) is 0. The van der Waals surface area contributed by atoms with Gasteiger partial charge in [0.2, 0.25) is 0 Å². The number of ether oxygens (including phenoxy) is 3. The van der Waals surface area contributed by atoms with Crippen LogP contribution in [0.25, 0.3) is 0 Å². The molecule has 0 saturated carbocycles. The van der Waals surface area contributed by atoms with Gasteiger partial charge in [-0.05, 0) is 31.1 Å². The summed E-state index contributed by atoms with van der Waals surface area (Å²) < 4.78 is 16.9. The Morgan fingerprint density at radius 1 is 0.275 bits per heavy atom. The molecule has 0 aromatic carbocycles. The lowest BCUT2D eigenvalue weighted by atomic mass is 10.0. The van der Waals surface area contributed by atoms with E-state index in [-0.39, 0.29) is 31.1 Å². The largest absolute Gasteiger partial charge is 0.462 e. The molecular weight excluding hydrogens is 853 g/mol. The first-order valence-corrected chi connectivity index (χ1v) is 31.2. The summed E-state index contributed by atoms with van der Waals surface area (Å²) in [4.78, 5) is 38.3. The van der Waals surface area contributed by atoms with E-state index in [2.05, 4.69) is 34.6 Å². The second-order valence-electron chi connectivity index (χ2n) is 22.6. The minimum absolute atomic E-state index is 0.0621. The first kappa shape index (κ1) is 67.4. The zero-order chi connectivity index (χ0) is 50.4. The maximum Gasteiger partial charge on any atom is 0.306 e. The highest BCUT2D eigenvalue weighted by Gasteiger charge is 2.19. The van der Waals surface area contributed by atoms with Crippen molar-refractivity contribution < 1.29 is 28.6 Å². The average Bonchev–Trinajstić information content (AvgIpc) is 3.32. The summed E-state index contributed by atoms with van der Waals surface area (Å²) in [6.45, 7) is 11.4. The van der Waals surface area contributed by atoms with Gasteiger partial charge >= 0.3 is 17.9 Å². The van der Waals surface area contributed by atoms with Crippen LogP contribution in [-0.2, 0) is 28.6 Å². The molecule has 0 aliphatic rings. The molecule has 0 amide bonds. The van der Waals surface area contributed by atoms with E-state index in [0.717, 1.165) is 69.6 Å². The summed E-state index contributed by atoms with van der Waals surface area (Å²) in [6.07, 6.45) is 61.0. The van der Waals surface area contributed by atoms with E-state index in [1.807, 2.05) is 0 Å². The minimum atomic E-state index is -0.763. The molecule has 0 aromatic heterocycles. The second kappa shape index (κ2) is 55.7. The Balaban J connectivity index is 4.28. The van der Waals surface area contributed by atoms with E-state index in [0.29, 0.717) is 19.3 Å². The second-order valence-corrected chi connectivity index (χ2v) is 22.6. The van der Waals surface area contributed by atoms with Gasteiger partial charge in [-0.15, -0.1) is 0 Å². The lowest BCUT2D eigenvalue weighted by molar-refractivity contribution is -0.167. The van der Waals surface area contributed by atoms with Crippen molar-refractivity contribution in [3.63, 3.8) is 0 Å².